The Morgan fingerprint density at radius 3 is 2.57 bits per heavy atom. The van der Waals surface area contributed by atoms with Crippen molar-refractivity contribution >= 4 is 28.4 Å². The number of carbonyl (C=O) groups excluding carboxylic acids is 2. The first-order chi connectivity index (χ1) is 17.0. The Morgan fingerprint density at radius 1 is 0.943 bits per heavy atom. The zero-order valence-electron chi connectivity index (χ0n) is 19.6. The number of nitrogens with one attached hydrogen (secondary N) is 1. The van der Waals surface area contributed by atoms with Gasteiger partial charge in [-0.1, -0.05) is 30.3 Å². The Kier molecular flexibility index (Phi) is 6.06. The number of fused-ring (bicyclic) bond motifs is 2. The summed E-state index contributed by atoms with van der Waals surface area (Å²) in [6.07, 6.45) is 0. The predicted octanol–water partition coefficient (Wildman–Crippen LogP) is 4.90. The molecule has 35 heavy (non-hydrogen) atoms. The molecule has 2 amide bonds. The van der Waals surface area contributed by atoms with Gasteiger partial charge < -0.3 is 19.7 Å². The maximum Gasteiger partial charge on any atom is 0.256 e. The summed E-state index contributed by atoms with van der Waals surface area (Å²) >= 11 is 0. The van der Waals surface area contributed by atoms with Crippen LogP contribution in [-0.4, -0.2) is 42.0 Å². The average molecular weight is 468 g/mol. The van der Waals surface area contributed by atoms with E-state index in [0.29, 0.717) is 48.2 Å². The highest BCUT2D eigenvalue weighted by atomic mass is 16.6. The highest BCUT2D eigenvalue weighted by Crippen LogP contribution is 2.35. The van der Waals surface area contributed by atoms with Gasteiger partial charge in [0.05, 0.1) is 16.8 Å². The zero-order valence-corrected chi connectivity index (χ0v) is 19.6. The lowest BCUT2D eigenvalue weighted by molar-refractivity contribution is -0.128. The number of hydrogen-bond donors (Lipinski definition) is 1. The lowest BCUT2D eigenvalue weighted by Crippen LogP contribution is -2.23. The number of benzene rings is 3. The molecule has 2 heterocycles. The molecule has 0 fully saturated rings. The highest BCUT2D eigenvalue weighted by Gasteiger charge is 2.17. The van der Waals surface area contributed by atoms with Gasteiger partial charge in [0, 0.05) is 37.2 Å². The molecule has 5 rings (SSSR count). The molecule has 176 valence electrons. The minimum Gasteiger partial charge on any atom is -0.486 e. The van der Waals surface area contributed by atoms with E-state index in [2.05, 4.69) is 5.32 Å². The van der Waals surface area contributed by atoms with Crippen LogP contribution in [0.3, 0.4) is 0 Å². The third kappa shape index (κ3) is 4.80. The van der Waals surface area contributed by atoms with Crippen LogP contribution >= 0.6 is 0 Å². The van der Waals surface area contributed by atoms with Crippen molar-refractivity contribution in [3.05, 3.63) is 83.9 Å². The summed E-state index contributed by atoms with van der Waals surface area (Å²) in [5.41, 5.74) is 4.34. The lowest BCUT2D eigenvalue weighted by Gasteiger charge is -2.19. The van der Waals surface area contributed by atoms with Gasteiger partial charge in [0.1, 0.15) is 13.2 Å². The molecular weight excluding hydrogens is 442 g/mol. The second-order valence-electron chi connectivity index (χ2n) is 8.46. The fourth-order valence-corrected chi connectivity index (χ4v) is 4.04. The van der Waals surface area contributed by atoms with Crippen LogP contribution in [0.4, 0.5) is 5.69 Å². The van der Waals surface area contributed by atoms with Gasteiger partial charge in [0.15, 0.2) is 11.5 Å². The number of aromatic nitrogens is 1. The van der Waals surface area contributed by atoms with Crippen molar-refractivity contribution in [2.75, 3.05) is 25.6 Å². The highest BCUT2D eigenvalue weighted by molar-refractivity contribution is 6.13. The van der Waals surface area contributed by atoms with Crippen LogP contribution < -0.4 is 14.8 Å². The summed E-state index contributed by atoms with van der Waals surface area (Å²) in [6.45, 7) is 3.01. The Bertz CT molecular complexity index is 1430. The summed E-state index contributed by atoms with van der Waals surface area (Å²) in [4.78, 5) is 31.4. The number of hydrogen-bond acceptors (Lipinski definition) is 5. The molecule has 1 aromatic heterocycles. The van der Waals surface area contributed by atoms with Crippen LogP contribution in [0.25, 0.3) is 22.2 Å². The molecule has 1 aliphatic rings. The second-order valence-corrected chi connectivity index (χ2v) is 8.46. The van der Waals surface area contributed by atoms with E-state index in [1.165, 1.54) is 6.92 Å². The molecule has 0 saturated heterocycles. The van der Waals surface area contributed by atoms with E-state index < -0.39 is 0 Å². The number of anilines is 1. The van der Waals surface area contributed by atoms with Gasteiger partial charge in [-0.25, -0.2) is 4.98 Å². The van der Waals surface area contributed by atoms with Crippen LogP contribution in [0.15, 0.2) is 72.8 Å². The van der Waals surface area contributed by atoms with Crippen LogP contribution in [0.5, 0.6) is 11.5 Å². The Morgan fingerprint density at radius 2 is 1.74 bits per heavy atom. The van der Waals surface area contributed by atoms with E-state index in [1.54, 1.807) is 18.0 Å². The molecular formula is C28H25N3O4. The molecule has 0 spiro atoms. The van der Waals surface area contributed by atoms with Crippen molar-refractivity contribution < 1.29 is 19.1 Å². The maximum absolute atomic E-state index is 13.4. The van der Waals surface area contributed by atoms with Crippen molar-refractivity contribution in [2.24, 2.45) is 0 Å². The molecule has 7 nitrogen and oxygen atoms in total. The molecule has 0 saturated carbocycles. The normalized spacial score (nSPS) is 12.3. The number of para-hydroxylation sites is 1. The Labute approximate surface area is 203 Å². The molecule has 0 aliphatic carbocycles. The molecule has 0 bridgehead atoms. The van der Waals surface area contributed by atoms with E-state index in [-0.39, 0.29) is 11.8 Å². The quantitative estimate of drug-likeness (QED) is 0.451. The van der Waals surface area contributed by atoms with Crippen molar-refractivity contribution in [2.45, 2.75) is 13.5 Å². The number of ether oxygens (including phenoxy) is 2. The first kappa shape index (κ1) is 22.4. The van der Waals surface area contributed by atoms with Crippen LogP contribution in [0.2, 0.25) is 0 Å². The summed E-state index contributed by atoms with van der Waals surface area (Å²) in [6, 6.07) is 22.6. The minimum absolute atomic E-state index is 0.0191. The maximum atomic E-state index is 13.4. The molecule has 0 radical (unpaired) electrons. The van der Waals surface area contributed by atoms with Gasteiger partial charge in [0.25, 0.3) is 5.91 Å². The topological polar surface area (TPSA) is 80.8 Å². The molecule has 0 unspecified atom stereocenters. The lowest BCUT2D eigenvalue weighted by atomic mass is 10.0. The van der Waals surface area contributed by atoms with Crippen molar-refractivity contribution in [1.82, 2.24) is 9.88 Å². The van der Waals surface area contributed by atoms with Gasteiger partial charge >= 0.3 is 0 Å². The first-order valence-electron chi connectivity index (χ1n) is 11.4. The number of amides is 2. The summed E-state index contributed by atoms with van der Waals surface area (Å²) in [5.74, 6) is 1.12. The fourth-order valence-electron chi connectivity index (χ4n) is 4.04. The van der Waals surface area contributed by atoms with Gasteiger partial charge in [-0.15, -0.1) is 0 Å². The monoisotopic (exact) mass is 467 g/mol. The van der Waals surface area contributed by atoms with E-state index in [0.717, 1.165) is 22.0 Å². The number of carbonyl (C=O) groups is 2. The SMILES string of the molecule is CC(=O)N(C)Cc1cccc(NC(=O)c2cc(-c3ccc4c(c3)OCCO4)nc3ccccc23)c1. The van der Waals surface area contributed by atoms with E-state index in [9.17, 15) is 9.59 Å². The second kappa shape index (κ2) is 9.46. The van der Waals surface area contributed by atoms with Crippen LogP contribution in [0, 0.1) is 0 Å². The first-order valence-corrected chi connectivity index (χ1v) is 11.4. The molecule has 1 aliphatic heterocycles. The molecule has 7 heteroatoms. The van der Waals surface area contributed by atoms with Gasteiger partial charge in [-0.2, -0.15) is 0 Å². The molecule has 0 atom stereocenters. The third-order valence-electron chi connectivity index (χ3n) is 5.94. The van der Waals surface area contributed by atoms with E-state index in [1.807, 2.05) is 66.7 Å². The number of rotatable bonds is 5. The zero-order chi connectivity index (χ0) is 24.4. The fraction of sp³-hybridized carbons (Fsp3) is 0.179. The van der Waals surface area contributed by atoms with Crippen molar-refractivity contribution in [3.8, 4) is 22.8 Å². The Hall–Kier alpha value is -4.39. The van der Waals surface area contributed by atoms with Crippen LogP contribution in [-0.2, 0) is 11.3 Å². The third-order valence-corrected chi connectivity index (χ3v) is 5.94. The minimum atomic E-state index is -0.237. The molecule has 1 N–H and O–H groups in total. The largest absolute Gasteiger partial charge is 0.486 e. The average Bonchev–Trinajstić information content (AvgIpc) is 2.87. The summed E-state index contributed by atoms with van der Waals surface area (Å²) in [7, 11) is 1.75. The summed E-state index contributed by atoms with van der Waals surface area (Å²) < 4.78 is 11.4. The smallest absolute Gasteiger partial charge is 0.256 e. The van der Waals surface area contributed by atoms with E-state index in [4.69, 9.17) is 14.5 Å². The number of nitrogens with zero attached hydrogens (tertiary/aromatic N) is 2. The number of pyridine rings is 1. The van der Waals surface area contributed by atoms with Gasteiger partial charge in [0.2, 0.25) is 5.91 Å². The van der Waals surface area contributed by atoms with E-state index >= 15 is 0 Å². The Balaban J connectivity index is 1.48. The molecule has 3 aromatic carbocycles. The van der Waals surface area contributed by atoms with Crippen LogP contribution in [0.1, 0.15) is 22.8 Å². The predicted molar refractivity (Wildman–Crippen MR) is 135 cm³/mol. The molecule has 4 aromatic rings. The van der Waals surface area contributed by atoms with Crippen molar-refractivity contribution in [3.63, 3.8) is 0 Å². The van der Waals surface area contributed by atoms with Crippen molar-refractivity contribution in [1.29, 1.82) is 0 Å². The standard InChI is InChI=1S/C28H25N3O4/c1-18(32)31(2)17-19-6-5-7-21(14-19)29-28(33)23-16-25(30-24-9-4-3-8-22(23)24)20-10-11-26-27(15-20)35-13-12-34-26/h3-11,14-16H,12-13,17H2,1-2H3,(H,29,33). The summed E-state index contributed by atoms with van der Waals surface area (Å²) in [5, 5.41) is 3.77. The van der Waals surface area contributed by atoms with Gasteiger partial charge in [-0.3, -0.25) is 9.59 Å². The van der Waals surface area contributed by atoms with Gasteiger partial charge in [-0.05, 0) is 48.0 Å².